The van der Waals surface area contributed by atoms with Gasteiger partial charge in [-0.25, -0.2) is 14.8 Å². The first-order chi connectivity index (χ1) is 17.3. The Hall–Kier alpha value is -4.42. The number of nitriles is 1. The second-order valence-corrected chi connectivity index (χ2v) is 8.63. The van der Waals surface area contributed by atoms with E-state index < -0.39 is 52.4 Å². The molecule has 0 radical (unpaired) electrons. The molecule has 38 heavy (non-hydrogen) atoms. The number of esters is 1. The minimum atomic E-state index is -5.92. The molecule has 0 bridgehead atoms. The molecular formula is C22H20F6N6O4. The van der Waals surface area contributed by atoms with E-state index in [1.807, 2.05) is 6.07 Å². The van der Waals surface area contributed by atoms with Crippen molar-refractivity contribution in [3.63, 3.8) is 0 Å². The van der Waals surface area contributed by atoms with Crippen molar-refractivity contribution in [3.05, 3.63) is 41.2 Å². The summed E-state index contributed by atoms with van der Waals surface area (Å²) >= 11 is 0. The fraction of sp³-hybridized carbons (Fsp3) is 0.364. The molecule has 0 aliphatic rings. The van der Waals surface area contributed by atoms with Crippen LogP contribution in [0, 0.1) is 23.7 Å². The number of aromatic nitrogens is 2. The number of nitrogens with zero attached hydrogens (tertiary/aromatic N) is 3. The predicted octanol–water partition coefficient (Wildman–Crippen LogP) is 2.66. The number of nitrogens with two attached hydrogens (primary N) is 2. The average molecular weight is 546 g/mol. The Morgan fingerprint density at radius 3 is 2.24 bits per heavy atom. The number of alkyl halides is 6. The van der Waals surface area contributed by atoms with Crippen molar-refractivity contribution in [2.75, 3.05) is 12.3 Å². The smallest absolute Gasteiger partial charge is 0.427 e. The molecule has 2 rings (SSSR count). The molecule has 10 nitrogen and oxygen atoms in total. The van der Waals surface area contributed by atoms with Gasteiger partial charge in [0.2, 0.25) is 0 Å². The molecule has 1 aromatic heterocycles. The third-order valence-corrected chi connectivity index (χ3v) is 5.15. The van der Waals surface area contributed by atoms with E-state index in [0.717, 1.165) is 12.3 Å². The summed E-state index contributed by atoms with van der Waals surface area (Å²) in [5.74, 6) is -7.01. The Kier molecular flexibility index (Phi) is 7.96. The second kappa shape index (κ2) is 10.1. The number of rotatable bonds is 7. The number of hydrogen-bond donors (Lipinski definition) is 3. The highest BCUT2D eigenvalue weighted by molar-refractivity contribution is 5.97. The van der Waals surface area contributed by atoms with Crippen LogP contribution >= 0.6 is 0 Å². The van der Waals surface area contributed by atoms with E-state index in [4.69, 9.17) is 16.7 Å². The Bertz CT molecular complexity index is 1320. The molecule has 0 aliphatic carbocycles. The number of carbonyl (C=O) groups is 3. The number of anilines is 1. The number of amides is 2. The number of aryl methyl sites for hydroxylation is 1. The molecule has 2 aromatic rings. The predicted molar refractivity (Wildman–Crippen MR) is 117 cm³/mol. The SMILES string of the molecule is Cc1ccc(C(OC(=O)C(F)(F)F)(C(N)=O)C(F)(F)F)cc1-c1cnc(N)c(C(=O)NCC(C)(C)C#N)n1. The van der Waals surface area contributed by atoms with Gasteiger partial charge in [0.1, 0.15) is 0 Å². The number of nitrogen functional groups attached to an aromatic ring is 1. The lowest BCUT2D eigenvalue weighted by Crippen LogP contribution is -2.57. The van der Waals surface area contributed by atoms with Crippen LogP contribution in [0.3, 0.4) is 0 Å². The van der Waals surface area contributed by atoms with Gasteiger partial charge in [0, 0.05) is 17.7 Å². The zero-order valence-corrected chi connectivity index (χ0v) is 19.9. The number of ether oxygens (including phenoxy) is 1. The molecule has 0 saturated carbocycles. The van der Waals surface area contributed by atoms with Crippen LogP contribution in [0.1, 0.15) is 35.5 Å². The Morgan fingerprint density at radius 1 is 1.13 bits per heavy atom. The zero-order chi connectivity index (χ0) is 29.3. The third-order valence-electron chi connectivity index (χ3n) is 5.15. The Morgan fingerprint density at radius 2 is 1.74 bits per heavy atom. The first-order valence-electron chi connectivity index (χ1n) is 10.4. The van der Waals surface area contributed by atoms with Gasteiger partial charge in [-0.05, 0) is 32.4 Å². The summed E-state index contributed by atoms with van der Waals surface area (Å²) in [6, 6.07) is 4.11. The molecule has 1 atom stereocenters. The summed E-state index contributed by atoms with van der Waals surface area (Å²) in [5.41, 5.74) is 2.98. The van der Waals surface area contributed by atoms with Crippen LogP contribution in [0.5, 0.6) is 0 Å². The van der Waals surface area contributed by atoms with E-state index in [9.17, 15) is 40.7 Å². The molecule has 2 amide bonds. The van der Waals surface area contributed by atoms with Crippen molar-refractivity contribution < 1.29 is 45.5 Å². The Labute approximate surface area is 211 Å². The van der Waals surface area contributed by atoms with Crippen LogP contribution in [0.15, 0.2) is 24.4 Å². The minimum Gasteiger partial charge on any atom is -0.427 e. The van der Waals surface area contributed by atoms with Gasteiger partial charge >= 0.3 is 23.9 Å². The fourth-order valence-corrected chi connectivity index (χ4v) is 3.05. The lowest BCUT2D eigenvalue weighted by atomic mass is 9.88. The maximum absolute atomic E-state index is 14.1. The van der Waals surface area contributed by atoms with Crippen molar-refractivity contribution in [2.24, 2.45) is 11.1 Å². The maximum Gasteiger partial charge on any atom is 0.490 e. The van der Waals surface area contributed by atoms with Crippen LogP contribution in [0.4, 0.5) is 32.2 Å². The van der Waals surface area contributed by atoms with Crippen LogP contribution < -0.4 is 16.8 Å². The number of carbonyl (C=O) groups excluding carboxylic acids is 3. The first-order valence-corrected chi connectivity index (χ1v) is 10.4. The summed E-state index contributed by atoms with van der Waals surface area (Å²) in [4.78, 5) is 43.7. The van der Waals surface area contributed by atoms with Gasteiger partial charge in [0.05, 0.1) is 23.4 Å². The van der Waals surface area contributed by atoms with Crippen molar-refractivity contribution in [1.29, 1.82) is 5.26 Å². The summed E-state index contributed by atoms with van der Waals surface area (Å²) < 4.78 is 84.3. The summed E-state index contributed by atoms with van der Waals surface area (Å²) in [6.07, 6.45) is -10.8. The fourth-order valence-electron chi connectivity index (χ4n) is 3.05. The largest absolute Gasteiger partial charge is 0.490 e. The highest BCUT2D eigenvalue weighted by Crippen LogP contribution is 2.44. The molecule has 204 valence electrons. The molecule has 1 heterocycles. The van der Waals surface area contributed by atoms with Gasteiger partial charge < -0.3 is 21.5 Å². The highest BCUT2D eigenvalue weighted by Gasteiger charge is 2.66. The third kappa shape index (κ3) is 5.93. The quantitative estimate of drug-likeness (QED) is 0.351. The summed E-state index contributed by atoms with van der Waals surface area (Å²) in [5, 5.41) is 11.5. The molecule has 5 N–H and O–H groups in total. The lowest BCUT2D eigenvalue weighted by Gasteiger charge is -2.33. The maximum atomic E-state index is 14.1. The van der Waals surface area contributed by atoms with Crippen LogP contribution in [-0.2, 0) is 19.9 Å². The van der Waals surface area contributed by atoms with E-state index in [-0.39, 0.29) is 29.2 Å². The molecule has 0 saturated heterocycles. The van der Waals surface area contributed by atoms with Crippen molar-refractivity contribution in [1.82, 2.24) is 15.3 Å². The van der Waals surface area contributed by atoms with Gasteiger partial charge in [0.15, 0.2) is 11.5 Å². The van der Waals surface area contributed by atoms with Gasteiger partial charge in [-0.3, -0.25) is 9.59 Å². The van der Waals surface area contributed by atoms with Gasteiger partial charge in [-0.2, -0.15) is 31.6 Å². The molecular weight excluding hydrogens is 526 g/mol. The van der Waals surface area contributed by atoms with E-state index in [2.05, 4.69) is 20.0 Å². The standard InChI is InChI=1S/C22H20F6N6O4/c1-10-4-5-11(20(17(31)36,22(26,27)28)38-18(37)21(23,24)25)6-12(10)13-7-32-15(30)14(34-13)16(35)33-9-19(2,3)8-29/h4-7H,9H2,1-3H3,(H2,30,32)(H2,31,36)(H,33,35). The molecule has 16 heteroatoms. The van der Waals surface area contributed by atoms with E-state index in [1.165, 1.54) is 20.8 Å². The molecule has 0 spiro atoms. The van der Waals surface area contributed by atoms with Crippen molar-refractivity contribution >= 4 is 23.6 Å². The number of hydrogen-bond acceptors (Lipinski definition) is 8. The number of nitrogens with one attached hydrogen (secondary N) is 1. The molecule has 0 aliphatic heterocycles. The van der Waals surface area contributed by atoms with Crippen LogP contribution in [0.2, 0.25) is 0 Å². The van der Waals surface area contributed by atoms with Crippen LogP contribution in [0.25, 0.3) is 11.3 Å². The zero-order valence-electron chi connectivity index (χ0n) is 19.9. The van der Waals surface area contributed by atoms with E-state index in [0.29, 0.717) is 12.1 Å². The number of primary amides is 1. The lowest BCUT2D eigenvalue weighted by molar-refractivity contribution is -0.280. The molecule has 1 unspecified atom stereocenters. The normalized spacial score (nSPS) is 13.7. The van der Waals surface area contributed by atoms with Gasteiger partial charge in [-0.15, -0.1) is 0 Å². The molecule has 1 aromatic carbocycles. The molecule has 0 fully saturated rings. The van der Waals surface area contributed by atoms with Crippen molar-refractivity contribution in [2.45, 2.75) is 38.7 Å². The van der Waals surface area contributed by atoms with Crippen molar-refractivity contribution in [3.8, 4) is 17.3 Å². The van der Waals surface area contributed by atoms with Gasteiger partial charge in [0.25, 0.3) is 11.8 Å². The number of halogens is 6. The second-order valence-electron chi connectivity index (χ2n) is 8.63. The summed E-state index contributed by atoms with van der Waals surface area (Å²) in [6.45, 7) is 4.31. The highest BCUT2D eigenvalue weighted by atomic mass is 19.4. The topological polar surface area (TPSA) is 174 Å². The van der Waals surface area contributed by atoms with E-state index >= 15 is 0 Å². The average Bonchev–Trinajstić information content (AvgIpc) is 2.80. The van der Waals surface area contributed by atoms with Gasteiger partial charge in [-0.1, -0.05) is 12.1 Å². The first kappa shape index (κ1) is 29.8. The van der Waals surface area contributed by atoms with E-state index in [1.54, 1.807) is 0 Å². The monoisotopic (exact) mass is 546 g/mol. The number of benzene rings is 1. The van der Waals surface area contributed by atoms with Crippen LogP contribution in [-0.4, -0.2) is 46.6 Å². The minimum absolute atomic E-state index is 0.126. The summed E-state index contributed by atoms with van der Waals surface area (Å²) in [7, 11) is 0. The Balaban J connectivity index is 2.68.